The molecule has 0 saturated heterocycles. The Morgan fingerprint density at radius 3 is 3.04 bits per heavy atom. The Labute approximate surface area is 140 Å². The van der Waals surface area contributed by atoms with Gasteiger partial charge in [-0.1, -0.05) is 18.2 Å². The van der Waals surface area contributed by atoms with Gasteiger partial charge in [0.2, 0.25) is 11.8 Å². The molecular formula is C18H20N4O2. The first kappa shape index (κ1) is 14.9. The molecule has 1 aliphatic heterocycles. The first-order chi connectivity index (χ1) is 11.6. The number of hydrogen-bond donors (Lipinski definition) is 2. The lowest BCUT2D eigenvalue weighted by Gasteiger charge is -2.29. The maximum absolute atomic E-state index is 12.9. The number of carbonyl (C=O) groups is 2. The number of aromatic nitrogens is 2. The number of rotatable bonds is 2. The van der Waals surface area contributed by atoms with Gasteiger partial charge in [0, 0.05) is 30.4 Å². The normalized spacial score (nSPS) is 22.3. The van der Waals surface area contributed by atoms with Crippen LogP contribution in [0.4, 0.5) is 5.69 Å². The highest BCUT2D eigenvalue weighted by atomic mass is 16.2. The van der Waals surface area contributed by atoms with E-state index >= 15 is 0 Å². The van der Waals surface area contributed by atoms with Gasteiger partial charge in [0.15, 0.2) is 0 Å². The fourth-order valence-corrected chi connectivity index (χ4v) is 3.77. The lowest BCUT2D eigenvalue weighted by atomic mass is 9.88. The van der Waals surface area contributed by atoms with Crippen LogP contribution in [0.3, 0.4) is 0 Å². The average Bonchev–Trinajstić information content (AvgIpc) is 2.96. The SMILES string of the molecule is Cn1ncc2c1CCC[C@@H]2NC(=O)[C@@H]1CC(=O)Nc2ccccc21. The lowest BCUT2D eigenvalue weighted by molar-refractivity contribution is -0.127. The Kier molecular flexibility index (Phi) is 3.59. The van der Waals surface area contributed by atoms with Gasteiger partial charge >= 0.3 is 0 Å². The second-order valence-corrected chi connectivity index (χ2v) is 6.52. The van der Waals surface area contributed by atoms with Gasteiger partial charge in [-0.2, -0.15) is 5.10 Å². The van der Waals surface area contributed by atoms with Gasteiger partial charge in [-0.3, -0.25) is 14.3 Å². The first-order valence-corrected chi connectivity index (χ1v) is 8.33. The van der Waals surface area contributed by atoms with Crippen LogP contribution in [0.2, 0.25) is 0 Å². The Bertz CT molecular complexity index is 811. The van der Waals surface area contributed by atoms with E-state index in [9.17, 15) is 9.59 Å². The quantitative estimate of drug-likeness (QED) is 0.887. The molecule has 1 aromatic carbocycles. The van der Waals surface area contributed by atoms with Crippen molar-refractivity contribution in [1.82, 2.24) is 15.1 Å². The topological polar surface area (TPSA) is 76.0 Å². The summed E-state index contributed by atoms with van der Waals surface area (Å²) in [5, 5.41) is 10.3. The van der Waals surface area contributed by atoms with Crippen molar-refractivity contribution in [3.63, 3.8) is 0 Å². The second kappa shape index (κ2) is 5.78. The van der Waals surface area contributed by atoms with Crippen LogP contribution in [0.15, 0.2) is 30.5 Å². The molecule has 2 aromatic rings. The van der Waals surface area contributed by atoms with Gasteiger partial charge in [-0.15, -0.1) is 0 Å². The molecule has 0 saturated carbocycles. The molecule has 24 heavy (non-hydrogen) atoms. The smallest absolute Gasteiger partial charge is 0.228 e. The van der Waals surface area contributed by atoms with Crippen molar-refractivity contribution in [3.8, 4) is 0 Å². The van der Waals surface area contributed by atoms with Crippen molar-refractivity contribution in [2.45, 2.75) is 37.6 Å². The molecule has 124 valence electrons. The first-order valence-electron chi connectivity index (χ1n) is 8.33. The molecule has 2 N–H and O–H groups in total. The molecule has 0 unspecified atom stereocenters. The van der Waals surface area contributed by atoms with Crippen LogP contribution in [0.25, 0.3) is 0 Å². The number of benzene rings is 1. The second-order valence-electron chi connectivity index (χ2n) is 6.52. The van der Waals surface area contributed by atoms with E-state index in [4.69, 9.17) is 0 Å². The van der Waals surface area contributed by atoms with Crippen molar-refractivity contribution in [2.24, 2.45) is 7.05 Å². The molecule has 2 atom stereocenters. The van der Waals surface area contributed by atoms with Crippen molar-refractivity contribution < 1.29 is 9.59 Å². The number of nitrogens with one attached hydrogen (secondary N) is 2. The van der Waals surface area contributed by atoms with Gasteiger partial charge < -0.3 is 10.6 Å². The molecule has 0 bridgehead atoms. The summed E-state index contributed by atoms with van der Waals surface area (Å²) < 4.78 is 1.89. The third-order valence-corrected chi connectivity index (χ3v) is 5.01. The largest absolute Gasteiger partial charge is 0.349 e. The number of anilines is 1. The van der Waals surface area contributed by atoms with Gasteiger partial charge in [-0.05, 0) is 30.9 Å². The van der Waals surface area contributed by atoms with E-state index in [0.717, 1.165) is 36.1 Å². The van der Waals surface area contributed by atoms with E-state index in [1.54, 1.807) is 0 Å². The fourth-order valence-electron chi connectivity index (χ4n) is 3.77. The van der Waals surface area contributed by atoms with E-state index in [1.165, 1.54) is 5.69 Å². The monoisotopic (exact) mass is 324 g/mol. The zero-order valence-electron chi connectivity index (χ0n) is 13.6. The van der Waals surface area contributed by atoms with E-state index in [2.05, 4.69) is 15.7 Å². The number of aryl methyl sites for hydroxylation is 1. The minimum Gasteiger partial charge on any atom is -0.349 e. The highest BCUT2D eigenvalue weighted by molar-refractivity contribution is 6.01. The van der Waals surface area contributed by atoms with Crippen molar-refractivity contribution >= 4 is 17.5 Å². The number of para-hydroxylation sites is 1. The number of amides is 2. The number of fused-ring (bicyclic) bond motifs is 2. The lowest BCUT2D eigenvalue weighted by Crippen LogP contribution is -2.38. The molecule has 6 heteroatoms. The van der Waals surface area contributed by atoms with Crippen LogP contribution in [0, 0.1) is 0 Å². The molecule has 4 rings (SSSR count). The highest BCUT2D eigenvalue weighted by Gasteiger charge is 2.33. The Morgan fingerprint density at radius 2 is 2.17 bits per heavy atom. The predicted molar refractivity (Wildman–Crippen MR) is 89.5 cm³/mol. The van der Waals surface area contributed by atoms with Gasteiger partial charge in [0.25, 0.3) is 0 Å². The van der Waals surface area contributed by atoms with E-state index in [-0.39, 0.29) is 24.3 Å². The predicted octanol–water partition coefficient (Wildman–Crippen LogP) is 2.04. The van der Waals surface area contributed by atoms with Crippen molar-refractivity contribution in [3.05, 3.63) is 47.3 Å². The summed E-state index contributed by atoms with van der Waals surface area (Å²) in [6.45, 7) is 0. The minimum absolute atomic E-state index is 0.0212. The Hall–Kier alpha value is -2.63. The molecule has 2 amide bonds. The summed E-state index contributed by atoms with van der Waals surface area (Å²) in [4.78, 5) is 24.8. The molecule has 6 nitrogen and oxygen atoms in total. The standard InChI is InChI=1S/C18H20N4O2/c1-22-16-8-4-7-15(13(16)10-19-22)21-18(24)12-9-17(23)20-14-6-3-2-5-11(12)14/h2-3,5-6,10,12,15H,4,7-9H2,1H3,(H,20,23)(H,21,24)/t12-,15+/m1/s1. The van der Waals surface area contributed by atoms with E-state index in [0.29, 0.717) is 0 Å². The molecule has 2 aliphatic rings. The number of carbonyl (C=O) groups excluding carboxylic acids is 2. The summed E-state index contributed by atoms with van der Waals surface area (Å²) in [5.74, 6) is -0.629. The molecule has 1 aromatic heterocycles. The fraction of sp³-hybridized carbons (Fsp3) is 0.389. The minimum atomic E-state index is -0.433. The molecule has 0 spiro atoms. The van der Waals surface area contributed by atoms with Crippen molar-refractivity contribution in [2.75, 3.05) is 5.32 Å². The van der Waals surface area contributed by atoms with Crippen LogP contribution in [-0.2, 0) is 23.1 Å². The average molecular weight is 324 g/mol. The summed E-state index contributed by atoms with van der Waals surface area (Å²) in [6.07, 6.45) is 4.97. The zero-order chi connectivity index (χ0) is 16.7. The third kappa shape index (κ3) is 2.48. The van der Waals surface area contributed by atoms with Crippen LogP contribution < -0.4 is 10.6 Å². The van der Waals surface area contributed by atoms with Gasteiger partial charge in [0.1, 0.15) is 0 Å². The maximum atomic E-state index is 12.9. The van der Waals surface area contributed by atoms with Crippen LogP contribution in [-0.4, -0.2) is 21.6 Å². The van der Waals surface area contributed by atoms with Gasteiger partial charge in [-0.25, -0.2) is 0 Å². The third-order valence-electron chi connectivity index (χ3n) is 5.01. The molecule has 1 aliphatic carbocycles. The summed E-state index contributed by atoms with van der Waals surface area (Å²) in [7, 11) is 1.94. The summed E-state index contributed by atoms with van der Waals surface area (Å²) in [6, 6.07) is 7.49. The van der Waals surface area contributed by atoms with Gasteiger partial charge in [0.05, 0.1) is 18.2 Å². The van der Waals surface area contributed by atoms with Crippen molar-refractivity contribution in [1.29, 1.82) is 0 Å². The van der Waals surface area contributed by atoms with Crippen LogP contribution in [0.1, 0.15) is 48.0 Å². The van der Waals surface area contributed by atoms with Crippen LogP contribution >= 0.6 is 0 Å². The summed E-state index contributed by atoms with van der Waals surface area (Å²) >= 11 is 0. The summed E-state index contributed by atoms with van der Waals surface area (Å²) in [5.41, 5.74) is 3.91. The molecule has 0 radical (unpaired) electrons. The molecule has 2 heterocycles. The maximum Gasteiger partial charge on any atom is 0.228 e. The van der Waals surface area contributed by atoms with E-state index in [1.807, 2.05) is 42.2 Å². The molecular weight excluding hydrogens is 304 g/mol. The number of hydrogen-bond acceptors (Lipinski definition) is 3. The molecule has 0 fully saturated rings. The Balaban J connectivity index is 1.58. The van der Waals surface area contributed by atoms with E-state index < -0.39 is 5.92 Å². The van der Waals surface area contributed by atoms with Crippen LogP contribution in [0.5, 0.6) is 0 Å². The zero-order valence-corrected chi connectivity index (χ0v) is 13.6. The highest BCUT2D eigenvalue weighted by Crippen LogP contribution is 2.34. The number of nitrogens with zero attached hydrogens (tertiary/aromatic N) is 2. The Morgan fingerprint density at radius 1 is 1.33 bits per heavy atom.